The minimum atomic E-state index is -1.19. The van der Waals surface area contributed by atoms with Crippen molar-refractivity contribution in [1.82, 2.24) is 19.8 Å². The minimum absolute atomic E-state index is 0.00536. The molecule has 0 saturated heterocycles. The van der Waals surface area contributed by atoms with Gasteiger partial charge in [-0.1, -0.05) is 26.8 Å². The predicted molar refractivity (Wildman–Crippen MR) is 132 cm³/mol. The van der Waals surface area contributed by atoms with E-state index in [1.54, 1.807) is 65.2 Å². The van der Waals surface area contributed by atoms with Crippen LogP contribution in [0.25, 0.3) is 11.4 Å². The van der Waals surface area contributed by atoms with Crippen LogP contribution >= 0.6 is 0 Å². The highest BCUT2D eigenvalue weighted by molar-refractivity contribution is 5.97. The summed E-state index contributed by atoms with van der Waals surface area (Å²) < 4.78 is 22.2. The van der Waals surface area contributed by atoms with Gasteiger partial charge in [-0.25, -0.2) is 19.0 Å². The summed E-state index contributed by atoms with van der Waals surface area (Å²) in [5.74, 6) is -2.12. The zero-order chi connectivity index (χ0) is 27.0. The maximum absolute atomic E-state index is 15.0. The fourth-order valence-electron chi connectivity index (χ4n) is 4.09. The van der Waals surface area contributed by atoms with Crippen LogP contribution < -0.4 is 5.32 Å². The van der Waals surface area contributed by atoms with Crippen LogP contribution in [-0.2, 0) is 22.6 Å². The van der Waals surface area contributed by atoms with E-state index in [0.29, 0.717) is 25.2 Å². The number of carbonyl (C=O) groups excluding carboxylic acids is 2. The molecular weight excluding hydrogens is 467 g/mol. The summed E-state index contributed by atoms with van der Waals surface area (Å²) in [5.41, 5.74) is -0.173. The Kier molecular flexibility index (Phi) is 7.48. The van der Waals surface area contributed by atoms with Crippen molar-refractivity contribution < 1.29 is 28.6 Å². The minimum Gasteiger partial charge on any atom is -0.480 e. The van der Waals surface area contributed by atoms with E-state index >= 15 is 0 Å². The Bertz CT molecular complexity index is 1180. The van der Waals surface area contributed by atoms with Gasteiger partial charge in [0, 0.05) is 13.1 Å². The molecule has 9 nitrogen and oxygen atoms in total. The average Bonchev–Trinajstić information content (AvgIpc) is 2.92. The van der Waals surface area contributed by atoms with E-state index in [4.69, 9.17) is 4.74 Å². The van der Waals surface area contributed by atoms with E-state index in [-0.39, 0.29) is 23.6 Å². The molecule has 0 bridgehead atoms. The average molecular weight is 503 g/mol. The maximum Gasteiger partial charge on any atom is 0.410 e. The molecule has 0 fully saturated rings. The molecule has 2 N–H and O–H groups in total. The molecule has 196 valence electrons. The number of carboxylic acids is 1. The second kappa shape index (κ2) is 9.91. The second-order valence-electron chi connectivity index (χ2n) is 11.2. The van der Waals surface area contributed by atoms with Gasteiger partial charge in [0.05, 0.1) is 17.8 Å². The number of ether oxygens (including phenoxy) is 1. The number of nitrogens with zero attached hydrogens (tertiary/aromatic N) is 3. The number of aromatic nitrogens is 2. The SMILES string of the molecule is Cc1ccc(-c2nc(C(=O)NC(C(=O)O)C(C)(C)C)c3n2CCCN(C(=O)OC(C)(C)C)C3)c(F)c1. The van der Waals surface area contributed by atoms with E-state index in [0.717, 1.165) is 5.56 Å². The van der Waals surface area contributed by atoms with E-state index in [9.17, 15) is 23.9 Å². The number of fused-ring (bicyclic) bond motifs is 1. The van der Waals surface area contributed by atoms with Gasteiger partial charge in [-0.3, -0.25) is 4.79 Å². The fraction of sp³-hybridized carbons (Fsp3) is 0.538. The third kappa shape index (κ3) is 6.03. The van der Waals surface area contributed by atoms with Crippen LogP contribution in [0.5, 0.6) is 0 Å². The third-order valence-electron chi connectivity index (χ3n) is 5.84. The molecule has 1 unspecified atom stereocenters. The molecule has 36 heavy (non-hydrogen) atoms. The molecule has 0 saturated carbocycles. The summed E-state index contributed by atoms with van der Waals surface area (Å²) in [5, 5.41) is 12.3. The molecule has 2 heterocycles. The van der Waals surface area contributed by atoms with Crippen LogP contribution in [0, 0.1) is 18.2 Å². The van der Waals surface area contributed by atoms with Crippen LogP contribution in [0.4, 0.5) is 9.18 Å². The summed E-state index contributed by atoms with van der Waals surface area (Å²) in [4.78, 5) is 44.1. The highest BCUT2D eigenvalue weighted by atomic mass is 19.1. The topological polar surface area (TPSA) is 114 Å². The summed E-state index contributed by atoms with van der Waals surface area (Å²) in [7, 11) is 0. The van der Waals surface area contributed by atoms with Crippen LogP contribution in [0.2, 0.25) is 0 Å². The molecule has 1 aromatic heterocycles. The van der Waals surface area contributed by atoms with Crippen molar-refractivity contribution in [3.63, 3.8) is 0 Å². The number of aliphatic carboxylic acids is 1. The van der Waals surface area contributed by atoms with Gasteiger partial charge in [-0.15, -0.1) is 0 Å². The Hall–Kier alpha value is -3.43. The molecule has 3 rings (SSSR count). The molecule has 2 amide bonds. The van der Waals surface area contributed by atoms with Crippen molar-refractivity contribution in [3.05, 3.63) is 41.0 Å². The molecular formula is C26H35FN4O5. The zero-order valence-corrected chi connectivity index (χ0v) is 21.9. The molecule has 1 atom stereocenters. The maximum atomic E-state index is 15.0. The van der Waals surface area contributed by atoms with Crippen molar-refractivity contribution in [2.24, 2.45) is 5.41 Å². The summed E-state index contributed by atoms with van der Waals surface area (Å²) >= 11 is 0. The van der Waals surface area contributed by atoms with E-state index < -0.39 is 40.8 Å². The number of rotatable bonds is 4. The van der Waals surface area contributed by atoms with Crippen LogP contribution in [0.1, 0.15) is 69.7 Å². The summed E-state index contributed by atoms with van der Waals surface area (Å²) in [6.07, 6.45) is -0.00570. The van der Waals surface area contributed by atoms with E-state index in [1.807, 2.05) is 0 Å². The van der Waals surface area contributed by atoms with Crippen molar-refractivity contribution in [3.8, 4) is 11.4 Å². The van der Waals surface area contributed by atoms with Crippen LogP contribution in [0.15, 0.2) is 18.2 Å². The van der Waals surface area contributed by atoms with Crippen molar-refractivity contribution in [1.29, 1.82) is 0 Å². The van der Waals surface area contributed by atoms with Gasteiger partial charge in [-0.05, 0) is 57.2 Å². The molecule has 0 radical (unpaired) electrons. The van der Waals surface area contributed by atoms with Crippen molar-refractivity contribution in [2.75, 3.05) is 6.54 Å². The van der Waals surface area contributed by atoms with Gasteiger partial charge >= 0.3 is 12.1 Å². The lowest BCUT2D eigenvalue weighted by molar-refractivity contribution is -0.142. The first-order chi connectivity index (χ1) is 16.6. The van der Waals surface area contributed by atoms with E-state index in [2.05, 4.69) is 10.3 Å². The number of amides is 2. The Morgan fingerprint density at radius 3 is 2.36 bits per heavy atom. The number of halogens is 1. The number of carbonyl (C=O) groups is 3. The zero-order valence-electron chi connectivity index (χ0n) is 21.9. The molecule has 2 aromatic rings. The lowest BCUT2D eigenvalue weighted by Gasteiger charge is -2.28. The largest absolute Gasteiger partial charge is 0.480 e. The molecule has 0 spiro atoms. The van der Waals surface area contributed by atoms with Gasteiger partial charge in [-0.2, -0.15) is 0 Å². The lowest BCUT2D eigenvalue weighted by atomic mass is 9.86. The number of benzene rings is 1. The Labute approximate surface area is 210 Å². The monoisotopic (exact) mass is 502 g/mol. The fourth-order valence-corrected chi connectivity index (χ4v) is 4.09. The molecule has 10 heteroatoms. The summed E-state index contributed by atoms with van der Waals surface area (Å²) in [6, 6.07) is 3.56. The van der Waals surface area contributed by atoms with Crippen LogP contribution in [0.3, 0.4) is 0 Å². The van der Waals surface area contributed by atoms with Gasteiger partial charge in [0.2, 0.25) is 0 Å². The Morgan fingerprint density at radius 1 is 1.14 bits per heavy atom. The highest BCUT2D eigenvalue weighted by Crippen LogP contribution is 2.30. The van der Waals surface area contributed by atoms with Crippen LogP contribution in [-0.4, -0.2) is 55.7 Å². The van der Waals surface area contributed by atoms with Gasteiger partial charge < -0.3 is 24.6 Å². The molecule has 1 aliphatic heterocycles. The normalized spacial score (nSPS) is 15.1. The van der Waals surface area contributed by atoms with E-state index in [1.165, 1.54) is 11.0 Å². The smallest absolute Gasteiger partial charge is 0.410 e. The number of imidazole rings is 1. The van der Waals surface area contributed by atoms with Gasteiger partial charge in [0.1, 0.15) is 23.3 Å². The lowest BCUT2D eigenvalue weighted by Crippen LogP contribution is -2.49. The highest BCUT2D eigenvalue weighted by Gasteiger charge is 2.36. The standard InChI is InChI=1S/C26H35FN4O5/c1-15-9-10-16(17(27)13-15)21-28-19(22(32)29-20(23(33)34)25(2,3)4)18-14-30(11-8-12-31(18)21)24(35)36-26(5,6)7/h9-10,13,20H,8,11-12,14H2,1-7H3,(H,29,32)(H,33,34). The molecule has 1 aromatic carbocycles. The number of hydrogen-bond acceptors (Lipinski definition) is 5. The number of carboxylic acid groups (broad SMARTS) is 1. The first kappa shape index (κ1) is 27.2. The number of nitrogens with one attached hydrogen (secondary N) is 1. The Morgan fingerprint density at radius 2 is 1.81 bits per heavy atom. The quantitative estimate of drug-likeness (QED) is 0.642. The predicted octanol–water partition coefficient (Wildman–Crippen LogP) is 4.37. The second-order valence-corrected chi connectivity index (χ2v) is 11.2. The molecule has 1 aliphatic rings. The van der Waals surface area contributed by atoms with Gasteiger partial charge in [0.25, 0.3) is 5.91 Å². The van der Waals surface area contributed by atoms with Gasteiger partial charge in [0.15, 0.2) is 5.69 Å². The first-order valence-corrected chi connectivity index (χ1v) is 12.0. The van der Waals surface area contributed by atoms with Crippen molar-refractivity contribution >= 4 is 18.0 Å². The van der Waals surface area contributed by atoms with Crippen molar-refractivity contribution in [2.45, 2.75) is 79.6 Å². The molecule has 0 aliphatic carbocycles. The Balaban J connectivity index is 2.11. The third-order valence-corrected chi connectivity index (χ3v) is 5.84. The number of hydrogen-bond donors (Lipinski definition) is 2. The summed E-state index contributed by atoms with van der Waals surface area (Å²) in [6.45, 7) is 13.0. The number of aryl methyl sites for hydroxylation is 1. The first-order valence-electron chi connectivity index (χ1n) is 12.0.